The monoisotopic (exact) mass is 233 g/mol. The predicted octanol–water partition coefficient (Wildman–Crippen LogP) is 2.65. The second kappa shape index (κ2) is 3.84. The molecule has 0 amide bonds. The van der Waals surface area contributed by atoms with E-state index in [0.29, 0.717) is 0 Å². The van der Waals surface area contributed by atoms with Crippen molar-refractivity contribution >= 4 is 0 Å². The molecule has 1 fully saturated rings. The number of hydrogen-bond donors (Lipinski definition) is 0. The summed E-state index contributed by atoms with van der Waals surface area (Å²) in [4.78, 5) is 3.49. The lowest BCUT2D eigenvalue weighted by Gasteiger charge is -2.15. The Balaban J connectivity index is 2.41. The molecule has 0 N–H and O–H groups in total. The van der Waals surface area contributed by atoms with Crippen molar-refractivity contribution in [2.45, 2.75) is 25.1 Å². The number of halogens is 3. The Bertz CT molecular complexity index is 388. The van der Waals surface area contributed by atoms with Gasteiger partial charge in [0, 0.05) is 6.20 Å². The average Bonchev–Trinajstić information content (AvgIpc) is 3.00. The average molecular weight is 233 g/mol. The minimum atomic E-state index is -4.48. The summed E-state index contributed by atoms with van der Waals surface area (Å²) in [6.07, 6.45) is -1.08. The quantitative estimate of drug-likeness (QED) is 0.804. The van der Waals surface area contributed by atoms with E-state index >= 15 is 0 Å². The molecule has 2 rings (SSSR count). The Kier molecular flexibility index (Phi) is 2.65. The lowest BCUT2D eigenvalue weighted by atomic mass is 10.2. The molecule has 3 nitrogen and oxygen atoms in total. The second-order valence-corrected chi connectivity index (χ2v) is 3.53. The van der Waals surface area contributed by atoms with Crippen LogP contribution >= 0.6 is 0 Å². The molecule has 1 saturated carbocycles. The van der Waals surface area contributed by atoms with Crippen LogP contribution in [-0.2, 0) is 6.18 Å². The van der Waals surface area contributed by atoms with Crippen molar-refractivity contribution in [3.8, 4) is 11.5 Å². The van der Waals surface area contributed by atoms with Crippen molar-refractivity contribution in [1.29, 1.82) is 0 Å². The smallest absolute Gasteiger partial charge is 0.421 e. The van der Waals surface area contributed by atoms with Gasteiger partial charge in [-0.25, -0.2) is 0 Å². The van der Waals surface area contributed by atoms with Crippen LogP contribution in [0.5, 0.6) is 11.5 Å². The predicted molar refractivity (Wildman–Crippen MR) is 49.4 cm³/mol. The Labute approximate surface area is 90.2 Å². The van der Waals surface area contributed by atoms with Crippen molar-refractivity contribution < 1.29 is 22.6 Å². The maximum atomic E-state index is 12.7. The van der Waals surface area contributed by atoms with Gasteiger partial charge < -0.3 is 9.47 Å². The fourth-order valence-electron chi connectivity index (χ4n) is 1.25. The van der Waals surface area contributed by atoms with Gasteiger partial charge >= 0.3 is 6.18 Å². The molecule has 0 aliphatic heterocycles. The first-order valence-corrected chi connectivity index (χ1v) is 4.78. The molecular formula is C10H10F3NO2. The van der Waals surface area contributed by atoms with E-state index in [2.05, 4.69) is 4.98 Å². The summed E-state index contributed by atoms with van der Waals surface area (Å²) in [5.41, 5.74) is -0.890. The van der Waals surface area contributed by atoms with E-state index in [1.807, 2.05) is 0 Å². The van der Waals surface area contributed by atoms with Crippen LogP contribution in [-0.4, -0.2) is 18.2 Å². The number of aromatic nitrogens is 1. The molecule has 0 saturated heterocycles. The lowest BCUT2D eigenvalue weighted by Crippen LogP contribution is -2.11. The number of ether oxygens (including phenoxy) is 2. The van der Waals surface area contributed by atoms with E-state index in [4.69, 9.17) is 9.47 Å². The van der Waals surface area contributed by atoms with Crippen LogP contribution in [0.15, 0.2) is 12.4 Å². The third kappa shape index (κ3) is 2.20. The van der Waals surface area contributed by atoms with Gasteiger partial charge in [0.15, 0.2) is 11.5 Å². The Morgan fingerprint density at radius 3 is 2.50 bits per heavy atom. The molecule has 1 aliphatic rings. The Morgan fingerprint density at radius 2 is 2.00 bits per heavy atom. The zero-order chi connectivity index (χ0) is 11.8. The first kappa shape index (κ1) is 11.0. The number of pyridine rings is 1. The van der Waals surface area contributed by atoms with Crippen molar-refractivity contribution in [3.63, 3.8) is 0 Å². The molecule has 0 aromatic carbocycles. The van der Waals surface area contributed by atoms with Gasteiger partial charge in [-0.15, -0.1) is 0 Å². The van der Waals surface area contributed by atoms with Crippen LogP contribution in [0.3, 0.4) is 0 Å². The lowest BCUT2D eigenvalue weighted by molar-refractivity contribution is -0.139. The highest BCUT2D eigenvalue weighted by Gasteiger charge is 2.38. The first-order chi connectivity index (χ1) is 7.52. The van der Waals surface area contributed by atoms with Gasteiger partial charge in [0.1, 0.15) is 5.56 Å². The van der Waals surface area contributed by atoms with Crippen molar-refractivity contribution in [2.75, 3.05) is 7.11 Å². The summed E-state index contributed by atoms with van der Waals surface area (Å²) in [6.45, 7) is 0. The minimum Gasteiger partial charge on any atom is -0.491 e. The van der Waals surface area contributed by atoms with Crippen LogP contribution in [0.4, 0.5) is 13.2 Å². The molecule has 1 heterocycles. The van der Waals surface area contributed by atoms with Crippen LogP contribution in [0, 0.1) is 0 Å². The topological polar surface area (TPSA) is 31.4 Å². The normalized spacial score (nSPS) is 16.0. The highest BCUT2D eigenvalue weighted by atomic mass is 19.4. The third-order valence-corrected chi connectivity index (χ3v) is 2.20. The maximum absolute atomic E-state index is 12.7. The highest BCUT2D eigenvalue weighted by molar-refractivity contribution is 5.45. The number of alkyl halides is 3. The van der Waals surface area contributed by atoms with E-state index in [0.717, 1.165) is 19.0 Å². The van der Waals surface area contributed by atoms with Gasteiger partial charge in [-0.1, -0.05) is 0 Å². The molecule has 0 radical (unpaired) electrons. The minimum absolute atomic E-state index is 0.0155. The Hall–Kier alpha value is -1.46. The zero-order valence-electron chi connectivity index (χ0n) is 8.54. The standard InChI is InChI=1S/C10H10F3NO2/c1-15-8-5-14-4-7(10(11,12)13)9(8)16-6-2-3-6/h4-6H,2-3H2,1H3. The molecule has 0 bridgehead atoms. The SMILES string of the molecule is COc1cncc(C(F)(F)F)c1OC1CC1. The maximum Gasteiger partial charge on any atom is 0.421 e. The summed E-state index contributed by atoms with van der Waals surface area (Å²) in [5, 5.41) is 0. The summed E-state index contributed by atoms with van der Waals surface area (Å²) in [5.74, 6) is -0.241. The van der Waals surface area contributed by atoms with Gasteiger partial charge in [-0.3, -0.25) is 4.98 Å². The van der Waals surface area contributed by atoms with Crippen molar-refractivity contribution in [3.05, 3.63) is 18.0 Å². The van der Waals surface area contributed by atoms with Gasteiger partial charge in [-0.2, -0.15) is 13.2 Å². The fraction of sp³-hybridized carbons (Fsp3) is 0.500. The molecule has 1 aliphatic carbocycles. The Morgan fingerprint density at radius 1 is 1.31 bits per heavy atom. The largest absolute Gasteiger partial charge is 0.491 e. The van der Waals surface area contributed by atoms with Crippen LogP contribution in [0.2, 0.25) is 0 Å². The van der Waals surface area contributed by atoms with E-state index in [1.54, 1.807) is 0 Å². The molecule has 1 aromatic rings. The molecule has 0 atom stereocenters. The van der Waals surface area contributed by atoms with Gasteiger partial charge in [-0.05, 0) is 12.8 Å². The number of hydrogen-bond acceptors (Lipinski definition) is 3. The fourth-order valence-corrected chi connectivity index (χ4v) is 1.25. The summed E-state index contributed by atoms with van der Waals surface area (Å²) in [6, 6.07) is 0. The van der Waals surface area contributed by atoms with Gasteiger partial charge in [0.25, 0.3) is 0 Å². The summed E-state index contributed by atoms with van der Waals surface area (Å²) < 4.78 is 48.0. The van der Waals surface area contributed by atoms with Crippen LogP contribution < -0.4 is 9.47 Å². The zero-order valence-corrected chi connectivity index (χ0v) is 8.54. The molecular weight excluding hydrogens is 223 g/mol. The molecule has 0 spiro atoms. The molecule has 88 valence electrons. The van der Waals surface area contributed by atoms with Gasteiger partial charge in [0.05, 0.1) is 19.4 Å². The number of rotatable bonds is 3. The first-order valence-electron chi connectivity index (χ1n) is 4.78. The van der Waals surface area contributed by atoms with E-state index < -0.39 is 11.7 Å². The molecule has 6 heteroatoms. The second-order valence-electron chi connectivity index (χ2n) is 3.53. The van der Waals surface area contributed by atoms with Crippen molar-refractivity contribution in [1.82, 2.24) is 4.98 Å². The summed E-state index contributed by atoms with van der Waals surface area (Å²) >= 11 is 0. The summed E-state index contributed by atoms with van der Waals surface area (Å²) in [7, 11) is 1.29. The number of nitrogens with zero attached hydrogens (tertiary/aromatic N) is 1. The number of methoxy groups -OCH3 is 1. The molecule has 0 unspecified atom stereocenters. The van der Waals surface area contributed by atoms with Crippen LogP contribution in [0.25, 0.3) is 0 Å². The van der Waals surface area contributed by atoms with E-state index in [1.165, 1.54) is 13.3 Å². The van der Waals surface area contributed by atoms with E-state index in [9.17, 15) is 13.2 Å². The molecule has 1 aromatic heterocycles. The highest BCUT2D eigenvalue weighted by Crippen LogP contribution is 2.43. The van der Waals surface area contributed by atoms with Gasteiger partial charge in [0.2, 0.25) is 0 Å². The third-order valence-electron chi connectivity index (χ3n) is 2.20. The van der Waals surface area contributed by atoms with Crippen LogP contribution in [0.1, 0.15) is 18.4 Å². The van der Waals surface area contributed by atoms with E-state index in [-0.39, 0.29) is 17.6 Å². The molecule has 16 heavy (non-hydrogen) atoms. The van der Waals surface area contributed by atoms with Crippen molar-refractivity contribution in [2.24, 2.45) is 0 Å².